The summed E-state index contributed by atoms with van der Waals surface area (Å²) >= 11 is 0. The van der Waals surface area contributed by atoms with Crippen molar-refractivity contribution in [2.75, 3.05) is 13.1 Å². The van der Waals surface area contributed by atoms with Gasteiger partial charge in [-0.2, -0.15) is 0 Å². The number of carbonyl (C=O) groups is 2. The van der Waals surface area contributed by atoms with Crippen molar-refractivity contribution in [2.24, 2.45) is 0 Å². The van der Waals surface area contributed by atoms with Crippen LogP contribution >= 0.6 is 0 Å². The topological polar surface area (TPSA) is 115 Å². The normalized spacial score (nSPS) is 15.3. The molecular formula is C27H30FN3O6S. The predicted molar refractivity (Wildman–Crippen MR) is 140 cm³/mol. The minimum atomic E-state index is -4.19. The minimum Gasteiger partial charge on any atom is -0.490 e. The maximum Gasteiger partial charge on any atom is 0.410 e. The first-order valence-corrected chi connectivity index (χ1v) is 13.8. The van der Waals surface area contributed by atoms with Crippen molar-refractivity contribution < 1.29 is 31.9 Å². The van der Waals surface area contributed by atoms with Gasteiger partial charge < -0.3 is 14.4 Å². The molecule has 2 heterocycles. The van der Waals surface area contributed by atoms with Crippen LogP contribution in [0.5, 0.6) is 5.75 Å². The molecular weight excluding hydrogens is 513 g/mol. The second-order valence-corrected chi connectivity index (χ2v) is 11.0. The fraction of sp³-hybridized carbons (Fsp3) is 0.370. The molecule has 11 heteroatoms. The zero-order valence-electron chi connectivity index (χ0n) is 21.4. The first-order valence-electron chi connectivity index (χ1n) is 12.4. The number of alkyl halides is 1. The van der Waals surface area contributed by atoms with Crippen LogP contribution in [0.15, 0.2) is 59.6 Å². The van der Waals surface area contributed by atoms with Gasteiger partial charge in [-0.25, -0.2) is 22.3 Å². The third kappa shape index (κ3) is 6.21. The molecule has 3 aromatic rings. The molecule has 1 aliphatic rings. The van der Waals surface area contributed by atoms with E-state index in [-0.39, 0.29) is 23.2 Å². The van der Waals surface area contributed by atoms with Gasteiger partial charge in [0.1, 0.15) is 11.9 Å². The summed E-state index contributed by atoms with van der Waals surface area (Å²) in [6.07, 6.45) is 0.503. The fourth-order valence-electron chi connectivity index (χ4n) is 4.18. The Bertz CT molecular complexity index is 1420. The second kappa shape index (κ2) is 11.3. The average Bonchev–Trinajstić information content (AvgIpc) is 2.88. The third-order valence-electron chi connectivity index (χ3n) is 6.13. The number of halogens is 1. The number of piperidine rings is 1. The molecule has 1 aliphatic heterocycles. The number of sulfonamides is 1. The van der Waals surface area contributed by atoms with E-state index in [9.17, 15) is 22.4 Å². The molecule has 1 unspecified atom stereocenters. The van der Waals surface area contributed by atoms with Gasteiger partial charge in [0.15, 0.2) is 6.17 Å². The van der Waals surface area contributed by atoms with Crippen molar-refractivity contribution in [2.45, 2.75) is 56.9 Å². The molecule has 0 bridgehead atoms. The van der Waals surface area contributed by atoms with Gasteiger partial charge >= 0.3 is 6.09 Å². The highest BCUT2D eigenvalue weighted by Crippen LogP contribution is 2.33. The summed E-state index contributed by atoms with van der Waals surface area (Å²) in [4.78, 5) is 29.7. The molecule has 1 fully saturated rings. The summed E-state index contributed by atoms with van der Waals surface area (Å²) in [6.45, 7) is 5.70. The van der Waals surface area contributed by atoms with E-state index in [1.807, 2.05) is 32.0 Å². The number of hydrogen-bond acceptors (Lipinski definition) is 7. The number of amides is 2. The molecule has 1 N–H and O–H groups in total. The first-order chi connectivity index (χ1) is 18.0. The summed E-state index contributed by atoms with van der Waals surface area (Å²) in [7, 11) is -4.19. The van der Waals surface area contributed by atoms with Crippen LogP contribution in [0.2, 0.25) is 0 Å². The number of hydrogen-bond donors (Lipinski definition) is 1. The zero-order chi connectivity index (χ0) is 27.4. The lowest BCUT2D eigenvalue weighted by Crippen LogP contribution is -2.42. The van der Waals surface area contributed by atoms with E-state index in [1.165, 1.54) is 12.1 Å². The summed E-state index contributed by atoms with van der Waals surface area (Å²) < 4.78 is 51.2. The van der Waals surface area contributed by atoms with Crippen molar-refractivity contribution in [1.82, 2.24) is 14.6 Å². The fourth-order valence-corrected chi connectivity index (χ4v) is 5.22. The summed E-state index contributed by atoms with van der Waals surface area (Å²) in [6, 6.07) is 13.4. The zero-order valence-corrected chi connectivity index (χ0v) is 22.2. The van der Waals surface area contributed by atoms with Crippen LogP contribution in [0.3, 0.4) is 0 Å². The number of nitrogens with one attached hydrogen (secondary N) is 1. The standard InChI is InChI=1S/C27H30FN3O6S/c1-17(2)36-27(33)31-15-12-20(13-16-31)37-24-11-14-29-25-22(5-4-6-23(24)25)19-7-9-21(10-8-19)38(34,35)30-26(32)18(3)28/h4-11,14,17-18,20H,12-13,15-16H2,1-3H3,(H,30,32). The number of benzene rings is 2. The Kier molecular flexibility index (Phi) is 8.15. The highest BCUT2D eigenvalue weighted by molar-refractivity contribution is 7.90. The van der Waals surface area contributed by atoms with Crippen LogP contribution < -0.4 is 9.46 Å². The Morgan fingerprint density at radius 2 is 1.74 bits per heavy atom. The van der Waals surface area contributed by atoms with Gasteiger partial charge in [-0.1, -0.05) is 24.3 Å². The number of carbonyl (C=O) groups excluding carboxylic acids is 2. The SMILES string of the molecule is CC(C)OC(=O)N1CCC(Oc2ccnc3c(-c4ccc(S(=O)(=O)NC(=O)C(C)F)cc4)cccc23)CC1. The molecule has 0 radical (unpaired) electrons. The van der Waals surface area contributed by atoms with E-state index in [4.69, 9.17) is 9.47 Å². The van der Waals surface area contributed by atoms with Gasteiger partial charge in [-0.05, 0) is 50.6 Å². The number of likely N-dealkylation sites (tertiary alicyclic amines) is 1. The van der Waals surface area contributed by atoms with Crippen LogP contribution in [0.25, 0.3) is 22.0 Å². The van der Waals surface area contributed by atoms with Gasteiger partial charge in [0, 0.05) is 43.1 Å². The van der Waals surface area contributed by atoms with Gasteiger partial charge in [0.25, 0.3) is 15.9 Å². The second-order valence-electron chi connectivity index (χ2n) is 9.36. The Balaban J connectivity index is 1.52. The summed E-state index contributed by atoms with van der Waals surface area (Å²) in [5, 5.41) is 0.799. The van der Waals surface area contributed by atoms with Crippen molar-refractivity contribution in [1.29, 1.82) is 0 Å². The highest BCUT2D eigenvalue weighted by Gasteiger charge is 2.26. The number of pyridine rings is 1. The van der Waals surface area contributed by atoms with Gasteiger partial charge in [0.05, 0.1) is 16.5 Å². The number of fused-ring (bicyclic) bond motifs is 1. The van der Waals surface area contributed by atoms with Gasteiger partial charge in [-0.3, -0.25) is 9.78 Å². The van der Waals surface area contributed by atoms with E-state index in [0.29, 0.717) is 42.8 Å². The van der Waals surface area contributed by atoms with Crippen molar-refractivity contribution in [3.63, 3.8) is 0 Å². The molecule has 1 aromatic heterocycles. The number of aromatic nitrogens is 1. The first kappa shape index (κ1) is 27.3. The van der Waals surface area contributed by atoms with E-state index in [0.717, 1.165) is 17.9 Å². The van der Waals surface area contributed by atoms with E-state index < -0.39 is 22.1 Å². The van der Waals surface area contributed by atoms with Gasteiger partial charge in [0.2, 0.25) is 0 Å². The summed E-state index contributed by atoms with van der Waals surface area (Å²) in [5.74, 6) is -0.552. The molecule has 4 rings (SSSR count). The maximum atomic E-state index is 13.1. The monoisotopic (exact) mass is 543 g/mol. The van der Waals surface area contributed by atoms with Crippen LogP contribution in [0, 0.1) is 0 Å². The lowest BCUT2D eigenvalue weighted by atomic mass is 10.0. The largest absolute Gasteiger partial charge is 0.490 e. The Morgan fingerprint density at radius 3 is 2.37 bits per heavy atom. The molecule has 2 aromatic carbocycles. The molecule has 2 amide bonds. The molecule has 202 valence electrons. The molecule has 0 spiro atoms. The average molecular weight is 544 g/mol. The molecule has 1 saturated heterocycles. The van der Waals surface area contributed by atoms with E-state index >= 15 is 0 Å². The number of nitrogens with zero attached hydrogens (tertiary/aromatic N) is 2. The lowest BCUT2D eigenvalue weighted by Gasteiger charge is -2.32. The molecule has 38 heavy (non-hydrogen) atoms. The highest BCUT2D eigenvalue weighted by atomic mass is 32.2. The minimum absolute atomic E-state index is 0.0703. The van der Waals surface area contributed by atoms with Crippen molar-refractivity contribution in [3.8, 4) is 16.9 Å². The van der Waals surface area contributed by atoms with Crippen LogP contribution in [-0.4, -0.2) is 61.8 Å². The molecule has 0 saturated carbocycles. The summed E-state index contributed by atoms with van der Waals surface area (Å²) in [5.41, 5.74) is 2.16. The molecule has 1 atom stereocenters. The number of rotatable bonds is 7. The predicted octanol–water partition coefficient (Wildman–Crippen LogP) is 4.45. The molecule has 9 nitrogen and oxygen atoms in total. The quantitative estimate of drug-likeness (QED) is 0.468. The number of para-hydroxylation sites is 1. The van der Waals surface area contributed by atoms with E-state index in [1.54, 1.807) is 34.0 Å². The Morgan fingerprint density at radius 1 is 1.05 bits per heavy atom. The van der Waals surface area contributed by atoms with Crippen LogP contribution in [0.4, 0.5) is 9.18 Å². The van der Waals surface area contributed by atoms with Crippen molar-refractivity contribution >= 4 is 32.9 Å². The number of ether oxygens (including phenoxy) is 2. The third-order valence-corrected chi connectivity index (χ3v) is 7.50. The van der Waals surface area contributed by atoms with Gasteiger partial charge in [-0.15, -0.1) is 0 Å². The van der Waals surface area contributed by atoms with Crippen LogP contribution in [-0.2, 0) is 19.6 Å². The van der Waals surface area contributed by atoms with Crippen LogP contribution in [0.1, 0.15) is 33.6 Å². The maximum absolute atomic E-state index is 13.1. The van der Waals surface area contributed by atoms with E-state index in [2.05, 4.69) is 4.98 Å². The molecule has 0 aliphatic carbocycles. The Hall–Kier alpha value is -3.73. The lowest BCUT2D eigenvalue weighted by molar-refractivity contribution is -0.123. The smallest absolute Gasteiger partial charge is 0.410 e. The Labute approximate surface area is 221 Å². The van der Waals surface area contributed by atoms with Crippen molar-refractivity contribution in [3.05, 3.63) is 54.7 Å².